The van der Waals surface area contributed by atoms with E-state index in [0.717, 1.165) is 17.8 Å². The summed E-state index contributed by atoms with van der Waals surface area (Å²) in [6.07, 6.45) is 1.91. The molecular formula is C10H15NO3S. The largest absolute Gasteiger partial charge is 0.464 e. The zero-order valence-corrected chi connectivity index (χ0v) is 9.97. The Morgan fingerprint density at radius 3 is 2.87 bits per heavy atom. The Balaban J connectivity index is 2.77. The summed E-state index contributed by atoms with van der Waals surface area (Å²) in [7, 11) is 3.00. The second kappa shape index (κ2) is 5.82. The van der Waals surface area contributed by atoms with Crippen molar-refractivity contribution in [2.45, 2.75) is 25.9 Å². The van der Waals surface area contributed by atoms with E-state index in [1.807, 2.05) is 0 Å². The molecule has 1 heterocycles. The average molecular weight is 229 g/mol. The molecule has 5 heteroatoms. The van der Waals surface area contributed by atoms with Gasteiger partial charge in [0, 0.05) is 12.5 Å². The van der Waals surface area contributed by atoms with Crippen molar-refractivity contribution in [3.63, 3.8) is 0 Å². The molecule has 4 nitrogen and oxygen atoms in total. The summed E-state index contributed by atoms with van der Waals surface area (Å²) in [5.41, 5.74) is 0.357. The Morgan fingerprint density at radius 2 is 2.33 bits per heavy atom. The van der Waals surface area contributed by atoms with E-state index in [1.165, 1.54) is 18.4 Å². The van der Waals surface area contributed by atoms with Crippen molar-refractivity contribution in [1.82, 2.24) is 4.98 Å². The summed E-state index contributed by atoms with van der Waals surface area (Å²) in [5.74, 6) is -0.399. The minimum absolute atomic E-state index is 0.0154. The standard InChI is InChI=1S/C10H15NO3S/c1-4-5-8(13-2)9-11-7(6-15-9)10(12)14-3/h6,8H,4-5H2,1-3H3. The molecule has 0 saturated carbocycles. The van der Waals surface area contributed by atoms with Crippen LogP contribution in [0.4, 0.5) is 0 Å². The van der Waals surface area contributed by atoms with E-state index < -0.39 is 5.97 Å². The molecule has 1 atom stereocenters. The SMILES string of the molecule is CCCC(OC)c1nc(C(=O)OC)cs1. The first-order chi connectivity index (χ1) is 7.22. The molecule has 0 spiro atoms. The minimum Gasteiger partial charge on any atom is -0.464 e. The molecule has 84 valence electrons. The Labute approximate surface area is 93.2 Å². The number of rotatable bonds is 5. The second-order valence-corrected chi connectivity index (χ2v) is 3.97. The van der Waals surface area contributed by atoms with Crippen LogP contribution in [0.15, 0.2) is 5.38 Å². The quantitative estimate of drug-likeness (QED) is 0.727. The van der Waals surface area contributed by atoms with Gasteiger partial charge in [0.15, 0.2) is 5.69 Å². The van der Waals surface area contributed by atoms with Gasteiger partial charge >= 0.3 is 5.97 Å². The number of aromatic nitrogens is 1. The summed E-state index contributed by atoms with van der Waals surface area (Å²) >= 11 is 1.43. The molecule has 15 heavy (non-hydrogen) atoms. The van der Waals surface area contributed by atoms with Crippen LogP contribution in [0.3, 0.4) is 0 Å². The van der Waals surface area contributed by atoms with Gasteiger partial charge < -0.3 is 9.47 Å². The van der Waals surface area contributed by atoms with Crippen LogP contribution in [0.25, 0.3) is 0 Å². The van der Waals surface area contributed by atoms with E-state index >= 15 is 0 Å². The van der Waals surface area contributed by atoms with Gasteiger partial charge in [-0.15, -0.1) is 11.3 Å². The van der Waals surface area contributed by atoms with Crippen molar-refractivity contribution in [2.75, 3.05) is 14.2 Å². The first-order valence-corrected chi connectivity index (χ1v) is 5.67. The normalized spacial score (nSPS) is 12.5. The van der Waals surface area contributed by atoms with E-state index in [-0.39, 0.29) is 6.10 Å². The summed E-state index contributed by atoms with van der Waals surface area (Å²) < 4.78 is 9.89. The second-order valence-electron chi connectivity index (χ2n) is 3.08. The summed E-state index contributed by atoms with van der Waals surface area (Å²) in [6, 6.07) is 0. The molecule has 0 aliphatic rings. The van der Waals surface area contributed by atoms with Crippen LogP contribution < -0.4 is 0 Å². The van der Waals surface area contributed by atoms with Crippen LogP contribution in [0.1, 0.15) is 41.4 Å². The molecule has 1 rings (SSSR count). The third-order valence-corrected chi connectivity index (χ3v) is 2.96. The third-order valence-electron chi connectivity index (χ3n) is 2.03. The van der Waals surface area contributed by atoms with Gasteiger partial charge in [0.1, 0.15) is 11.1 Å². The number of carbonyl (C=O) groups excluding carboxylic acids is 1. The van der Waals surface area contributed by atoms with Crippen molar-refractivity contribution in [1.29, 1.82) is 0 Å². The van der Waals surface area contributed by atoms with Crippen LogP contribution in [0, 0.1) is 0 Å². The number of esters is 1. The number of hydrogen-bond donors (Lipinski definition) is 0. The molecule has 0 aliphatic carbocycles. The summed E-state index contributed by atoms with van der Waals surface area (Å²) in [6.45, 7) is 2.08. The zero-order valence-electron chi connectivity index (χ0n) is 9.15. The van der Waals surface area contributed by atoms with Crippen LogP contribution >= 0.6 is 11.3 Å². The van der Waals surface area contributed by atoms with Gasteiger partial charge in [-0.1, -0.05) is 13.3 Å². The summed E-state index contributed by atoms with van der Waals surface area (Å²) in [5, 5.41) is 2.53. The van der Waals surface area contributed by atoms with E-state index in [0.29, 0.717) is 5.69 Å². The Bertz CT molecular complexity index is 324. The molecule has 0 N–H and O–H groups in total. The highest BCUT2D eigenvalue weighted by atomic mass is 32.1. The van der Waals surface area contributed by atoms with E-state index in [2.05, 4.69) is 16.6 Å². The van der Waals surface area contributed by atoms with Crippen LogP contribution in [-0.2, 0) is 9.47 Å². The molecule has 0 bridgehead atoms. The molecule has 1 aromatic rings. The lowest BCUT2D eigenvalue weighted by molar-refractivity contribution is 0.0592. The van der Waals surface area contributed by atoms with Crippen LogP contribution in [-0.4, -0.2) is 25.2 Å². The van der Waals surface area contributed by atoms with E-state index in [1.54, 1.807) is 12.5 Å². The van der Waals surface area contributed by atoms with Crippen molar-refractivity contribution < 1.29 is 14.3 Å². The molecule has 0 aromatic carbocycles. The monoisotopic (exact) mass is 229 g/mol. The van der Waals surface area contributed by atoms with E-state index in [9.17, 15) is 4.79 Å². The molecule has 0 amide bonds. The van der Waals surface area contributed by atoms with E-state index in [4.69, 9.17) is 4.74 Å². The van der Waals surface area contributed by atoms with Gasteiger partial charge in [-0.2, -0.15) is 0 Å². The maximum absolute atomic E-state index is 11.2. The Hall–Kier alpha value is -0.940. The lowest BCUT2D eigenvalue weighted by atomic mass is 10.2. The number of thiazole rings is 1. The molecule has 0 aliphatic heterocycles. The molecule has 1 unspecified atom stereocenters. The first kappa shape index (κ1) is 12.1. The van der Waals surface area contributed by atoms with Gasteiger partial charge in [-0.3, -0.25) is 0 Å². The highest BCUT2D eigenvalue weighted by Crippen LogP contribution is 2.25. The van der Waals surface area contributed by atoms with Crippen molar-refractivity contribution >= 4 is 17.3 Å². The van der Waals surface area contributed by atoms with Gasteiger partial charge in [-0.25, -0.2) is 9.78 Å². The molecule has 0 fully saturated rings. The van der Waals surface area contributed by atoms with Gasteiger partial charge in [-0.05, 0) is 6.42 Å². The minimum atomic E-state index is -0.399. The predicted octanol–water partition coefficient (Wildman–Crippen LogP) is 2.42. The number of nitrogens with zero attached hydrogens (tertiary/aromatic N) is 1. The fourth-order valence-corrected chi connectivity index (χ4v) is 2.14. The van der Waals surface area contributed by atoms with Crippen LogP contribution in [0.5, 0.6) is 0 Å². The molecule has 0 radical (unpaired) electrons. The molecular weight excluding hydrogens is 214 g/mol. The molecule has 1 aromatic heterocycles. The number of ether oxygens (including phenoxy) is 2. The van der Waals surface area contributed by atoms with Crippen molar-refractivity contribution in [3.8, 4) is 0 Å². The summed E-state index contributed by atoms with van der Waals surface area (Å²) in [4.78, 5) is 15.4. The zero-order chi connectivity index (χ0) is 11.3. The van der Waals surface area contributed by atoms with Gasteiger partial charge in [0.05, 0.1) is 7.11 Å². The predicted molar refractivity (Wildman–Crippen MR) is 58.1 cm³/mol. The smallest absolute Gasteiger partial charge is 0.357 e. The van der Waals surface area contributed by atoms with Gasteiger partial charge in [0.2, 0.25) is 0 Å². The van der Waals surface area contributed by atoms with Crippen molar-refractivity contribution in [2.24, 2.45) is 0 Å². The number of methoxy groups -OCH3 is 2. The topological polar surface area (TPSA) is 48.4 Å². The Kier molecular flexibility index (Phi) is 4.71. The highest BCUT2D eigenvalue weighted by molar-refractivity contribution is 7.09. The lowest BCUT2D eigenvalue weighted by Crippen LogP contribution is -2.04. The average Bonchev–Trinajstić information content (AvgIpc) is 2.73. The number of hydrogen-bond acceptors (Lipinski definition) is 5. The Morgan fingerprint density at radius 1 is 1.60 bits per heavy atom. The van der Waals surface area contributed by atoms with Crippen LogP contribution in [0.2, 0.25) is 0 Å². The van der Waals surface area contributed by atoms with Gasteiger partial charge in [0.25, 0.3) is 0 Å². The van der Waals surface area contributed by atoms with Crippen molar-refractivity contribution in [3.05, 3.63) is 16.1 Å². The first-order valence-electron chi connectivity index (χ1n) is 4.79. The third kappa shape index (κ3) is 3.00. The fourth-order valence-electron chi connectivity index (χ4n) is 1.24. The number of carbonyl (C=O) groups is 1. The lowest BCUT2D eigenvalue weighted by Gasteiger charge is -2.10. The maximum atomic E-state index is 11.2. The molecule has 0 saturated heterocycles. The fraction of sp³-hybridized carbons (Fsp3) is 0.600. The highest BCUT2D eigenvalue weighted by Gasteiger charge is 2.17. The maximum Gasteiger partial charge on any atom is 0.357 e.